The summed E-state index contributed by atoms with van der Waals surface area (Å²) in [5, 5.41) is 3.55. The van der Waals surface area contributed by atoms with Crippen LogP contribution in [0.4, 0.5) is 0 Å². The normalized spacial score (nSPS) is 17.7. The molecule has 2 aliphatic heterocycles. The second kappa shape index (κ2) is 9.83. The van der Waals surface area contributed by atoms with Crippen LogP contribution < -0.4 is 14.8 Å². The molecule has 1 N–H and O–H groups in total. The fourth-order valence-electron chi connectivity index (χ4n) is 4.06. The van der Waals surface area contributed by atoms with Crippen molar-refractivity contribution in [1.82, 2.24) is 15.1 Å². The number of methoxy groups -OCH3 is 2. The smallest absolute Gasteiger partial charge is 0.193 e. The van der Waals surface area contributed by atoms with Gasteiger partial charge in [0.15, 0.2) is 17.5 Å². The molecule has 6 nitrogen and oxygen atoms in total. The molecule has 0 spiro atoms. The zero-order chi connectivity index (χ0) is 19.1. The number of guanidine groups is 1. The number of benzene rings is 1. The van der Waals surface area contributed by atoms with Crippen molar-refractivity contribution in [2.75, 3.05) is 54.0 Å². The van der Waals surface area contributed by atoms with Crippen molar-refractivity contribution in [1.29, 1.82) is 0 Å². The van der Waals surface area contributed by atoms with Crippen molar-refractivity contribution < 1.29 is 9.47 Å². The molecule has 0 aromatic heterocycles. The molecule has 150 valence electrons. The van der Waals surface area contributed by atoms with Gasteiger partial charge in [-0.3, -0.25) is 4.99 Å². The molecule has 2 aliphatic rings. The van der Waals surface area contributed by atoms with E-state index in [0.717, 1.165) is 43.5 Å². The van der Waals surface area contributed by atoms with Gasteiger partial charge < -0.3 is 24.6 Å². The Kier molecular flexibility index (Phi) is 7.21. The van der Waals surface area contributed by atoms with Gasteiger partial charge in [0.1, 0.15) is 0 Å². The first-order valence-corrected chi connectivity index (χ1v) is 10.2. The summed E-state index contributed by atoms with van der Waals surface area (Å²) in [7, 11) is 5.25. The maximum atomic E-state index is 5.46. The molecule has 1 aromatic carbocycles. The molecule has 1 saturated heterocycles. The third kappa shape index (κ3) is 5.06. The number of hydrogen-bond donors (Lipinski definition) is 1. The number of aliphatic imine (C=N–C) groups is 1. The highest BCUT2D eigenvalue weighted by molar-refractivity contribution is 5.80. The molecule has 0 unspecified atom stereocenters. The Morgan fingerprint density at radius 1 is 1.04 bits per heavy atom. The molecule has 1 aromatic rings. The summed E-state index contributed by atoms with van der Waals surface area (Å²) in [5.41, 5.74) is 2.63. The van der Waals surface area contributed by atoms with E-state index in [-0.39, 0.29) is 0 Å². The predicted molar refractivity (Wildman–Crippen MR) is 110 cm³/mol. The highest BCUT2D eigenvalue weighted by atomic mass is 16.5. The van der Waals surface area contributed by atoms with Gasteiger partial charge in [0.05, 0.1) is 14.2 Å². The zero-order valence-electron chi connectivity index (χ0n) is 17.1. The van der Waals surface area contributed by atoms with Crippen molar-refractivity contribution in [3.8, 4) is 11.5 Å². The first-order valence-electron chi connectivity index (χ1n) is 10.2. The zero-order valence-corrected chi connectivity index (χ0v) is 17.1. The summed E-state index contributed by atoms with van der Waals surface area (Å²) in [6.07, 6.45) is 6.18. The maximum Gasteiger partial charge on any atom is 0.193 e. The van der Waals surface area contributed by atoms with Gasteiger partial charge in [0, 0.05) is 26.7 Å². The van der Waals surface area contributed by atoms with E-state index < -0.39 is 0 Å². The van der Waals surface area contributed by atoms with Crippen molar-refractivity contribution in [3.05, 3.63) is 23.3 Å². The average molecular weight is 375 g/mol. The van der Waals surface area contributed by atoms with Crippen LogP contribution in [0.15, 0.2) is 17.1 Å². The summed E-state index contributed by atoms with van der Waals surface area (Å²) in [4.78, 5) is 9.41. The van der Waals surface area contributed by atoms with Crippen LogP contribution >= 0.6 is 0 Å². The van der Waals surface area contributed by atoms with E-state index in [0.29, 0.717) is 0 Å². The third-order valence-electron chi connectivity index (χ3n) is 5.61. The lowest BCUT2D eigenvalue weighted by Crippen LogP contribution is -2.44. The third-order valence-corrected chi connectivity index (χ3v) is 5.61. The number of nitrogens with one attached hydrogen (secondary N) is 1. The summed E-state index contributed by atoms with van der Waals surface area (Å²) in [6, 6.07) is 4.21. The first kappa shape index (κ1) is 19.8. The van der Waals surface area contributed by atoms with Crippen molar-refractivity contribution >= 4 is 5.96 Å². The van der Waals surface area contributed by atoms with Gasteiger partial charge in [0.25, 0.3) is 0 Å². The van der Waals surface area contributed by atoms with E-state index in [1.165, 1.54) is 56.4 Å². The minimum Gasteiger partial charge on any atom is -0.493 e. The van der Waals surface area contributed by atoms with E-state index in [2.05, 4.69) is 32.2 Å². The standard InChI is InChI=1S/C21H34N4O2/c1-22-21(23-9-4-5-10-24-11-6-7-12-24)25-13-8-17-14-19(26-2)20(27-3)15-18(17)16-25/h14-15H,4-13,16H2,1-3H3,(H,22,23). The molecule has 0 radical (unpaired) electrons. The molecule has 6 heteroatoms. The second-order valence-electron chi connectivity index (χ2n) is 7.38. The fraction of sp³-hybridized carbons (Fsp3) is 0.667. The predicted octanol–water partition coefficient (Wildman–Crippen LogP) is 2.51. The molecule has 0 aliphatic carbocycles. The molecule has 1 fully saturated rings. The lowest BCUT2D eigenvalue weighted by Gasteiger charge is -2.32. The van der Waals surface area contributed by atoms with Gasteiger partial charge in [-0.1, -0.05) is 0 Å². The Bertz CT molecular complexity index is 641. The average Bonchev–Trinajstić information content (AvgIpc) is 3.22. The number of likely N-dealkylation sites (tertiary alicyclic amines) is 1. The number of hydrogen-bond acceptors (Lipinski definition) is 4. The highest BCUT2D eigenvalue weighted by Gasteiger charge is 2.21. The minimum absolute atomic E-state index is 0.794. The molecule has 0 amide bonds. The topological polar surface area (TPSA) is 49.3 Å². The number of fused-ring (bicyclic) bond motifs is 1. The molecular weight excluding hydrogens is 340 g/mol. The number of rotatable bonds is 7. The van der Waals surface area contributed by atoms with E-state index in [4.69, 9.17) is 9.47 Å². The number of unbranched alkanes of at least 4 members (excludes halogenated alkanes) is 1. The Balaban J connectivity index is 1.50. The lowest BCUT2D eigenvalue weighted by molar-refractivity contribution is 0.328. The van der Waals surface area contributed by atoms with Crippen molar-refractivity contribution in [3.63, 3.8) is 0 Å². The van der Waals surface area contributed by atoms with Crippen LogP contribution in [0.1, 0.15) is 36.8 Å². The van der Waals surface area contributed by atoms with Gasteiger partial charge >= 0.3 is 0 Å². The Morgan fingerprint density at radius 2 is 1.74 bits per heavy atom. The minimum atomic E-state index is 0.794. The summed E-state index contributed by atoms with van der Waals surface area (Å²) in [6.45, 7) is 6.61. The molecule has 2 heterocycles. The van der Waals surface area contributed by atoms with E-state index in [9.17, 15) is 0 Å². The Hall–Kier alpha value is -1.95. The van der Waals surface area contributed by atoms with Gasteiger partial charge in [-0.2, -0.15) is 0 Å². The fourth-order valence-corrected chi connectivity index (χ4v) is 4.06. The molecule has 3 rings (SSSR count). The van der Waals surface area contributed by atoms with Gasteiger partial charge in [0.2, 0.25) is 0 Å². The Morgan fingerprint density at radius 3 is 2.41 bits per heavy atom. The first-order chi connectivity index (χ1) is 13.2. The lowest BCUT2D eigenvalue weighted by atomic mass is 9.99. The van der Waals surface area contributed by atoms with Crippen LogP contribution in [0.25, 0.3) is 0 Å². The van der Waals surface area contributed by atoms with Crippen molar-refractivity contribution in [2.45, 2.75) is 38.6 Å². The molecule has 0 saturated carbocycles. The van der Waals surface area contributed by atoms with Crippen LogP contribution in [0.5, 0.6) is 11.5 Å². The van der Waals surface area contributed by atoms with Gasteiger partial charge in [-0.05, 0) is 75.0 Å². The molecular formula is C21H34N4O2. The van der Waals surface area contributed by atoms with Crippen LogP contribution in [0.3, 0.4) is 0 Å². The Labute approximate surface area is 163 Å². The summed E-state index contributed by atoms with van der Waals surface area (Å²) >= 11 is 0. The SMILES string of the molecule is CN=C(NCCCCN1CCCC1)N1CCc2cc(OC)c(OC)cc2C1. The van der Waals surface area contributed by atoms with Crippen LogP contribution in [0.2, 0.25) is 0 Å². The van der Waals surface area contributed by atoms with Crippen LogP contribution in [-0.2, 0) is 13.0 Å². The van der Waals surface area contributed by atoms with E-state index >= 15 is 0 Å². The molecule has 0 atom stereocenters. The van der Waals surface area contributed by atoms with Crippen molar-refractivity contribution in [2.24, 2.45) is 4.99 Å². The summed E-state index contributed by atoms with van der Waals surface area (Å²) in [5.74, 6) is 2.60. The van der Waals surface area contributed by atoms with E-state index in [1.807, 2.05) is 7.05 Å². The van der Waals surface area contributed by atoms with Crippen LogP contribution in [-0.4, -0.2) is 69.8 Å². The highest BCUT2D eigenvalue weighted by Crippen LogP contribution is 2.33. The monoisotopic (exact) mass is 374 g/mol. The maximum absolute atomic E-state index is 5.46. The quantitative estimate of drug-likeness (QED) is 0.451. The molecule has 0 bridgehead atoms. The largest absolute Gasteiger partial charge is 0.493 e. The van der Waals surface area contributed by atoms with Gasteiger partial charge in [-0.25, -0.2) is 0 Å². The number of nitrogens with zero attached hydrogens (tertiary/aromatic N) is 3. The number of ether oxygens (including phenoxy) is 2. The summed E-state index contributed by atoms with van der Waals surface area (Å²) < 4.78 is 10.9. The van der Waals surface area contributed by atoms with Gasteiger partial charge in [-0.15, -0.1) is 0 Å². The van der Waals surface area contributed by atoms with E-state index in [1.54, 1.807) is 14.2 Å². The van der Waals surface area contributed by atoms with Crippen LogP contribution in [0, 0.1) is 0 Å². The molecule has 27 heavy (non-hydrogen) atoms. The second-order valence-corrected chi connectivity index (χ2v) is 7.38.